The van der Waals surface area contributed by atoms with E-state index in [4.69, 9.17) is 17.3 Å². The van der Waals surface area contributed by atoms with Crippen molar-refractivity contribution in [2.75, 3.05) is 13.1 Å². The van der Waals surface area contributed by atoms with E-state index in [0.29, 0.717) is 22.0 Å². The van der Waals surface area contributed by atoms with E-state index in [1.54, 1.807) is 13.0 Å². The molecule has 3 nitrogen and oxygen atoms in total. The fraction of sp³-hybridized carbons (Fsp3) is 0.364. The summed E-state index contributed by atoms with van der Waals surface area (Å²) in [7, 11) is 0. The van der Waals surface area contributed by atoms with Gasteiger partial charge >= 0.3 is 0 Å². The summed E-state index contributed by atoms with van der Waals surface area (Å²) in [6.45, 7) is 3.15. The molecule has 1 aromatic rings. The highest BCUT2D eigenvalue weighted by molar-refractivity contribution is 6.32. The molecule has 2 rings (SSSR count). The Hall–Kier alpha value is -0.840. The van der Waals surface area contributed by atoms with E-state index in [9.17, 15) is 4.39 Å². The summed E-state index contributed by atoms with van der Waals surface area (Å²) in [6.07, 6.45) is 0. The normalized spacial score (nSPS) is 15.9. The second-order valence-electron chi connectivity index (χ2n) is 3.75. The average Bonchev–Trinajstić information content (AvgIpc) is 2.79. The summed E-state index contributed by atoms with van der Waals surface area (Å²) in [5.41, 5.74) is 7.15. The van der Waals surface area contributed by atoms with E-state index in [-0.39, 0.29) is 18.2 Å². The maximum atomic E-state index is 13.2. The van der Waals surface area contributed by atoms with Crippen LogP contribution in [0.5, 0.6) is 0 Å². The Bertz CT molecular complexity index is 449. The van der Waals surface area contributed by atoms with Crippen LogP contribution in [0, 0.1) is 12.7 Å². The quantitative estimate of drug-likeness (QED) is 0.871. The standard InChI is InChI=1S/C11H13ClFN3.ClH/c1-6-8(13)3-2-7(9(6)12)10(14)11-15-4-5-16-11;/h2-3,10H,4-5,14H2,1H3,(H,15,16);1H. The van der Waals surface area contributed by atoms with Gasteiger partial charge in [-0.1, -0.05) is 17.7 Å². The minimum absolute atomic E-state index is 0. The van der Waals surface area contributed by atoms with Gasteiger partial charge in [-0.3, -0.25) is 4.99 Å². The third kappa shape index (κ3) is 2.70. The molecule has 0 aromatic heterocycles. The zero-order valence-electron chi connectivity index (χ0n) is 9.34. The maximum absolute atomic E-state index is 13.2. The van der Waals surface area contributed by atoms with Crippen molar-refractivity contribution >= 4 is 29.8 Å². The van der Waals surface area contributed by atoms with Gasteiger partial charge in [-0.2, -0.15) is 0 Å². The molecule has 0 saturated heterocycles. The fourth-order valence-corrected chi connectivity index (χ4v) is 1.97. The van der Waals surface area contributed by atoms with Crippen molar-refractivity contribution in [2.45, 2.75) is 13.0 Å². The highest BCUT2D eigenvalue weighted by Crippen LogP contribution is 2.27. The second kappa shape index (κ2) is 5.67. The van der Waals surface area contributed by atoms with Crippen molar-refractivity contribution < 1.29 is 4.39 Å². The first kappa shape index (κ1) is 14.2. The van der Waals surface area contributed by atoms with Gasteiger partial charge in [0, 0.05) is 12.1 Å². The van der Waals surface area contributed by atoms with Gasteiger partial charge in [-0.05, 0) is 18.6 Å². The van der Waals surface area contributed by atoms with Crippen molar-refractivity contribution in [3.8, 4) is 0 Å². The number of rotatable bonds is 2. The first-order valence-electron chi connectivity index (χ1n) is 5.09. The van der Waals surface area contributed by atoms with E-state index < -0.39 is 6.04 Å². The van der Waals surface area contributed by atoms with Crippen LogP contribution >= 0.6 is 24.0 Å². The summed E-state index contributed by atoms with van der Waals surface area (Å²) in [4.78, 5) is 4.23. The second-order valence-corrected chi connectivity index (χ2v) is 4.12. The summed E-state index contributed by atoms with van der Waals surface area (Å²) in [6, 6.07) is 2.58. The number of hydrogen-bond donors (Lipinski definition) is 2. The Balaban J connectivity index is 0.00000144. The topological polar surface area (TPSA) is 50.4 Å². The summed E-state index contributed by atoms with van der Waals surface area (Å²) in [5.74, 6) is 0.398. The molecule has 1 aliphatic heterocycles. The molecular weight excluding hydrogens is 264 g/mol. The van der Waals surface area contributed by atoms with Crippen molar-refractivity contribution in [1.82, 2.24) is 5.32 Å². The number of nitrogens with one attached hydrogen (secondary N) is 1. The number of hydrogen-bond acceptors (Lipinski definition) is 3. The number of nitrogens with zero attached hydrogens (tertiary/aromatic N) is 1. The molecule has 3 N–H and O–H groups in total. The first-order valence-corrected chi connectivity index (χ1v) is 5.47. The lowest BCUT2D eigenvalue weighted by Gasteiger charge is -2.15. The fourth-order valence-electron chi connectivity index (χ4n) is 1.69. The summed E-state index contributed by atoms with van der Waals surface area (Å²) >= 11 is 6.07. The number of amidine groups is 1. The monoisotopic (exact) mass is 277 g/mol. The van der Waals surface area contributed by atoms with E-state index in [1.807, 2.05) is 0 Å². The molecule has 94 valence electrons. The minimum Gasteiger partial charge on any atom is -0.370 e. The van der Waals surface area contributed by atoms with Crippen molar-refractivity contribution in [2.24, 2.45) is 10.7 Å². The first-order chi connectivity index (χ1) is 7.61. The van der Waals surface area contributed by atoms with Crippen LogP contribution in [0.2, 0.25) is 5.02 Å². The predicted molar refractivity (Wildman–Crippen MR) is 70.6 cm³/mol. The molecule has 0 amide bonds. The Labute approximate surface area is 111 Å². The van der Waals surface area contributed by atoms with Gasteiger partial charge < -0.3 is 11.1 Å². The Morgan fingerprint density at radius 3 is 2.82 bits per heavy atom. The van der Waals surface area contributed by atoms with E-state index >= 15 is 0 Å². The third-order valence-corrected chi connectivity index (χ3v) is 3.18. The molecule has 1 unspecified atom stereocenters. The van der Waals surface area contributed by atoms with E-state index in [2.05, 4.69) is 10.3 Å². The summed E-state index contributed by atoms with van der Waals surface area (Å²) < 4.78 is 13.2. The highest BCUT2D eigenvalue weighted by Gasteiger charge is 2.20. The molecule has 0 aliphatic carbocycles. The Morgan fingerprint density at radius 2 is 2.24 bits per heavy atom. The van der Waals surface area contributed by atoms with Crippen LogP contribution in [0.4, 0.5) is 4.39 Å². The van der Waals surface area contributed by atoms with Gasteiger partial charge in [0.1, 0.15) is 11.7 Å². The lowest BCUT2D eigenvalue weighted by Crippen LogP contribution is -2.31. The smallest absolute Gasteiger partial charge is 0.127 e. The molecule has 0 bridgehead atoms. The zero-order chi connectivity index (χ0) is 11.7. The zero-order valence-corrected chi connectivity index (χ0v) is 10.9. The number of nitrogens with two attached hydrogens (primary N) is 1. The number of benzene rings is 1. The molecule has 0 saturated carbocycles. The van der Waals surface area contributed by atoms with Gasteiger partial charge in [0.2, 0.25) is 0 Å². The van der Waals surface area contributed by atoms with Crippen LogP contribution in [0.25, 0.3) is 0 Å². The summed E-state index contributed by atoms with van der Waals surface area (Å²) in [5, 5.41) is 3.47. The third-order valence-electron chi connectivity index (χ3n) is 2.68. The van der Waals surface area contributed by atoms with E-state index in [0.717, 1.165) is 13.1 Å². The van der Waals surface area contributed by atoms with Gasteiger partial charge in [-0.15, -0.1) is 12.4 Å². The molecule has 1 atom stereocenters. The van der Waals surface area contributed by atoms with Gasteiger partial charge in [0.25, 0.3) is 0 Å². The molecule has 0 spiro atoms. The number of halogens is 3. The van der Waals surface area contributed by atoms with Crippen molar-refractivity contribution in [3.63, 3.8) is 0 Å². The van der Waals surface area contributed by atoms with Crippen LogP contribution in [0.3, 0.4) is 0 Å². The van der Waals surface area contributed by atoms with Crippen LogP contribution in [0.1, 0.15) is 17.2 Å². The molecule has 6 heteroatoms. The van der Waals surface area contributed by atoms with Crippen molar-refractivity contribution in [1.29, 1.82) is 0 Å². The number of aliphatic imine (C=N–C) groups is 1. The van der Waals surface area contributed by atoms with Crippen molar-refractivity contribution in [3.05, 3.63) is 34.1 Å². The molecular formula is C11H14Cl2FN3. The lowest BCUT2D eigenvalue weighted by atomic mass is 10.0. The molecule has 17 heavy (non-hydrogen) atoms. The van der Waals surface area contributed by atoms with Crippen LogP contribution in [0.15, 0.2) is 17.1 Å². The van der Waals surface area contributed by atoms with Gasteiger partial charge in [0.05, 0.1) is 17.6 Å². The molecule has 1 heterocycles. The predicted octanol–water partition coefficient (Wildman–Crippen LogP) is 2.21. The van der Waals surface area contributed by atoms with E-state index in [1.165, 1.54) is 6.07 Å². The molecule has 1 aromatic carbocycles. The SMILES string of the molecule is Cc1c(F)ccc(C(N)C2=NCCN2)c1Cl.Cl. The molecule has 0 fully saturated rings. The Morgan fingerprint density at radius 1 is 1.53 bits per heavy atom. The van der Waals surface area contributed by atoms with Crippen LogP contribution < -0.4 is 11.1 Å². The van der Waals surface area contributed by atoms with Crippen LogP contribution in [-0.4, -0.2) is 18.9 Å². The minimum atomic E-state index is -0.408. The van der Waals surface area contributed by atoms with Gasteiger partial charge in [0.15, 0.2) is 0 Å². The van der Waals surface area contributed by atoms with Gasteiger partial charge in [-0.25, -0.2) is 4.39 Å². The van der Waals surface area contributed by atoms with Crippen LogP contribution in [-0.2, 0) is 0 Å². The maximum Gasteiger partial charge on any atom is 0.127 e. The lowest BCUT2D eigenvalue weighted by molar-refractivity contribution is 0.617. The molecule has 1 aliphatic rings. The molecule has 0 radical (unpaired) electrons. The Kier molecular flexibility index (Phi) is 4.74. The highest BCUT2D eigenvalue weighted by atomic mass is 35.5. The average molecular weight is 278 g/mol. The largest absolute Gasteiger partial charge is 0.370 e.